The van der Waals surface area contributed by atoms with Crippen molar-refractivity contribution < 1.29 is 21.6 Å². The number of rotatable bonds is 2. The van der Waals surface area contributed by atoms with Gasteiger partial charge in [0.15, 0.2) is 0 Å². The number of nitrogens with zero attached hydrogens (tertiary/aromatic N) is 3. The Labute approximate surface area is 118 Å². The summed E-state index contributed by atoms with van der Waals surface area (Å²) < 4.78 is 60.5. The first-order valence-electron chi connectivity index (χ1n) is 5.66. The lowest BCUT2D eigenvalue weighted by Crippen LogP contribution is -2.47. The number of anilines is 1. The van der Waals surface area contributed by atoms with E-state index in [9.17, 15) is 21.6 Å². The fourth-order valence-electron chi connectivity index (χ4n) is 1.88. The summed E-state index contributed by atoms with van der Waals surface area (Å²) in [5, 5.41) is 0. The highest BCUT2D eigenvalue weighted by atomic mass is 35.7. The number of halogens is 4. The molecule has 1 aliphatic rings. The van der Waals surface area contributed by atoms with Crippen molar-refractivity contribution in [3.05, 3.63) is 23.9 Å². The number of aromatic nitrogens is 1. The molecule has 1 fully saturated rings. The maximum atomic E-state index is 12.4. The molecule has 5 nitrogen and oxygen atoms in total. The van der Waals surface area contributed by atoms with E-state index in [-0.39, 0.29) is 13.1 Å². The van der Waals surface area contributed by atoms with Gasteiger partial charge in [0.05, 0.1) is 5.56 Å². The summed E-state index contributed by atoms with van der Waals surface area (Å²) in [7, 11) is 1.47. The van der Waals surface area contributed by atoms with Gasteiger partial charge < -0.3 is 4.90 Å². The number of hydrogen-bond acceptors (Lipinski definition) is 4. The van der Waals surface area contributed by atoms with Gasteiger partial charge in [-0.3, -0.25) is 0 Å². The third kappa shape index (κ3) is 3.53. The summed E-state index contributed by atoms with van der Waals surface area (Å²) in [6.45, 7) is 0.998. The Balaban J connectivity index is 2.04. The molecular formula is C10H11ClF3N3O2S. The third-order valence-corrected chi connectivity index (χ3v) is 4.51. The zero-order valence-electron chi connectivity index (χ0n) is 10.1. The van der Waals surface area contributed by atoms with E-state index in [1.54, 1.807) is 4.90 Å². The predicted octanol–water partition coefficient (Wildman–Crippen LogP) is 1.71. The molecule has 1 aromatic heterocycles. The Bertz CT molecular complexity index is 568. The Morgan fingerprint density at radius 2 is 1.75 bits per heavy atom. The van der Waals surface area contributed by atoms with Crippen LogP contribution in [0.15, 0.2) is 18.3 Å². The number of alkyl halides is 3. The summed E-state index contributed by atoms with van der Waals surface area (Å²) in [5.41, 5.74) is -0.816. The molecule has 0 radical (unpaired) electrons. The van der Waals surface area contributed by atoms with Crippen LogP contribution in [0.2, 0.25) is 0 Å². The molecule has 1 aliphatic heterocycles. The van der Waals surface area contributed by atoms with Crippen LogP contribution in [0.4, 0.5) is 19.0 Å². The SMILES string of the molecule is O=S(=O)(Cl)N1CCN(c2ccc(C(F)(F)F)cn2)CC1. The van der Waals surface area contributed by atoms with E-state index in [0.717, 1.165) is 16.6 Å². The topological polar surface area (TPSA) is 53.5 Å². The van der Waals surface area contributed by atoms with E-state index in [1.165, 1.54) is 6.07 Å². The van der Waals surface area contributed by atoms with Crippen molar-refractivity contribution in [3.63, 3.8) is 0 Å². The van der Waals surface area contributed by atoms with Crippen molar-refractivity contribution in [1.29, 1.82) is 0 Å². The molecule has 1 aromatic rings. The minimum atomic E-state index is -4.42. The predicted molar refractivity (Wildman–Crippen MR) is 67.8 cm³/mol. The fraction of sp³-hybridized carbons (Fsp3) is 0.500. The van der Waals surface area contributed by atoms with Gasteiger partial charge in [0.2, 0.25) is 0 Å². The van der Waals surface area contributed by atoms with Crippen molar-refractivity contribution in [2.24, 2.45) is 0 Å². The quantitative estimate of drug-likeness (QED) is 0.775. The molecule has 2 rings (SSSR count). The second-order valence-electron chi connectivity index (χ2n) is 4.23. The van der Waals surface area contributed by atoms with Crippen LogP contribution < -0.4 is 4.90 Å². The second kappa shape index (κ2) is 5.38. The summed E-state index contributed by atoms with van der Waals surface area (Å²) >= 11 is 0. The van der Waals surface area contributed by atoms with Crippen LogP contribution in [0, 0.1) is 0 Å². The first-order chi connectivity index (χ1) is 9.18. The average molecular weight is 330 g/mol. The second-order valence-corrected chi connectivity index (χ2v) is 6.74. The van der Waals surface area contributed by atoms with Crippen LogP contribution in [0.5, 0.6) is 0 Å². The molecule has 1 saturated heterocycles. The van der Waals surface area contributed by atoms with E-state index in [4.69, 9.17) is 10.7 Å². The van der Waals surface area contributed by atoms with Gasteiger partial charge in [-0.25, -0.2) is 4.98 Å². The number of pyridine rings is 1. The van der Waals surface area contributed by atoms with Gasteiger partial charge in [-0.2, -0.15) is 25.9 Å². The summed E-state index contributed by atoms with van der Waals surface area (Å²) in [5.74, 6) is 0.379. The largest absolute Gasteiger partial charge is 0.417 e. The average Bonchev–Trinajstić information content (AvgIpc) is 2.37. The minimum absolute atomic E-state index is 0.175. The van der Waals surface area contributed by atoms with Crippen LogP contribution in [0.25, 0.3) is 0 Å². The van der Waals surface area contributed by atoms with Gasteiger partial charge >= 0.3 is 6.18 Å². The highest BCUT2D eigenvalue weighted by Crippen LogP contribution is 2.29. The molecule has 2 heterocycles. The van der Waals surface area contributed by atoms with E-state index in [2.05, 4.69) is 4.98 Å². The Hall–Kier alpha value is -1.06. The molecular weight excluding hydrogens is 319 g/mol. The van der Waals surface area contributed by atoms with Crippen LogP contribution in [-0.4, -0.2) is 43.9 Å². The van der Waals surface area contributed by atoms with Crippen molar-refractivity contribution >= 4 is 25.7 Å². The van der Waals surface area contributed by atoms with Crippen molar-refractivity contribution in [2.75, 3.05) is 31.1 Å². The first kappa shape index (κ1) is 15.3. The van der Waals surface area contributed by atoms with Gasteiger partial charge in [0.25, 0.3) is 9.24 Å². The van der Waals surface area contributed by atoms with Gasteiger partial charge in [0.1, 0.15) is 5.82 Å². The molecule has 0 N–H and O–H groups in total. The summed E-state index contributed by atoms with van der Waals surface area (Å²) in [4.78, 5) is 5.47. The highest BCUT2D eigenvalue weighted by molar-refractivity contribution is 8.11. The zero-order chi connectivity index (χ0) is 15.0. The molecule has 112 valence electrons. The Morgan fingerprint density at radius 1 is 1.15 bits per heavy atom. The normalized spacial score (nSPS) is 18.3. The van der Waals surface area contributed by atoms with Gasteiger partial charge in [0, 0.05) is 43.1 Å². The van der Waals surface area contributed by atoms with Gasteiger partial charge in [-0.1, -0.05) is 0 Å². The van der Waals surface area contributed by atoms with Crippen LogP contribution in [-0.2, 0) is 15.4 Å². The lowest BCUT2D eigenvalue weighted by atomic mass is 10.2. The maximum Gasteiger partial charge on any atom is 0.417 e. The lowest BCUT2D eigenvalue weighted by Gasteiger charge is -2.33. The van der Waals surface area contributed by atoms with Crippen molar-refractivity contribution in [1.82, 2.24) is 9.29 Å². The van der Waals surface area contributed by atoms with Crippen molar-refractivity contribution in [2.45, 2.75) is 6.18 Å². The Kier molecular flexibility index (Phi) is 4.12. The standard InChI is InChI=1S/C10H11ClF3N3O2S/c11-20(18,19)17-5-3-16(4-6-17)9-2-1-8(7-15-9)10(12,13)14/h1-2,7H,3-6H2. The van der Waals surface area contributed by atoms with E-state index >= 15 is 0 Å². The first-order valence-corrected chi connectivity index (χ1v) is 7.92. The number of piperazine rings is 1. The molecule has 0 bridgehead atoms. The molecule has 0 aromatic carbocycles. The highest BCUT2D eigenvalue weighted by Gasteiger charge is 2.31. The molecule has 0 saturated carbocycles. The van der Waals surface area contributed by atoms with Crippen LogP contribution >= 0.6 is 10.7 Å². The smallest absolute Gasteiger partial charge is 0.354 e. The fourth-order valence-corrected chi connectivity index (χ4v) is 2.89. The van der Waals surface area contributed by atoms with E-state index in [1.807, 2.05) is 0 Å². The molecule has 0 aliphatic carbocycles. The molecule has 10 heteroatoms. The van der Waals surface area contributed by atoms with Gasteiger partial charge in [-0.15, -0.1) is 0 Å². The molecule has 20 heavy (non-hydrogen) atoms. The van der Waals surface area contributed by atoms with Crippen LogP contribution in [0.3, 0.4) is 0 Å². The Morgan fingerprint density at radius 3 is 2.15 bits per heavy atom. The monoisotopic (exact) mass is 329 g/mol. The van der Waals surface area contributed by atoms with E-state index in [0.29, 0.717) is 18.9 Å². The molecule has 0 amide bonds. The molecule has 0 atom stereocenters. The zero-order valence-corrected chi connectivity index (χ0v) is 11.7. The third-order valence-electron chi connectivity index (χ3n) is 2.95. The molecule has 0 spiro atoms. The van der Waals surface area contributed by atoms with Crippen molar-refractivity contribution in [3.8, 4) is 0 Å². The minimum Gasteiger partial charge on any atom is -0.354 e. The summed E-state index contributed by atoms with van der Waals surface area (Å²) in [6, 6.07) is 2.22. The summed E-state index contributed by atoms with van der Waals surface area (Å²) in [6.07, 6.45) is -3.66. The van der Waals surface area contributed by atoms with Gasteiger partial charge in [-0.05, 0) is 12.1 Å². The van der Waals surface area contributed by atoms with E-state index < -0.39 is 21.0 Å². The van der Waals surface area contributed by atoms with Crippen LogP contribution in [0.1, 0.15) is 5.56 Å². The molecule has 0 unspecified atom stereocenters. The number of hydrogen-bond donors (Lipinski definition) is 0. The maximum absolute atomic E-state index is 12.4. The lowest BCUT2D eigenvalue weighted by molar-refractivity contribution is -0.137.